The lowest BCUT2D eigenvalue weighted by Crippen LogP contribution is -2.13. The highest BCUT2D eigenvalue weighted by molar-refractivity contribution is 4.42. The van der Waals surface area contributed by atoms with Gasteiger partial charge in [0.15, 0.2) is 0 Å². The van der Waals surface area contributed by atoms with E-state index in [1.54, 1.807) is 14.2 Å². The van der Waals surface area contributed by atoms with Gasteiger partial charge in [-0.2, -0.15) is 0 Å². The van der Waals surface area contributed by atoms with Crippen molar-refractivity contribution in [3.63, 3.8) is 0 Å². The first kappa shape index (κ1) is 21.2. The second-order valence-electron chi connectivity index (χ2n) is 4.03. The molecule has 102 valence electrons. The smallest absolute Gasteiger partial charge is 0.0981 e. The van der Waals surface area contributed by atoms with Crippen LogP contribution < -0.4 is 5.32 Å². The van der Waals surface area contributed by atoms with Gasteiger partial charge in [0.2, 0.25) is 0 Å². The highest BCUT2D eigenvalue weighted by Gasteiger charge is 1.84. The molecule has 0 saturated heterocycles. The maximum Gasteiger partial charge on any atom is 0.0981 e. The molecule has 0 atom stereocenters. The minimum absolute atomic E-state index is 0.708. The van der Waals surface area contributed by atoms with Crippen molar-refractivity contribution in [3.8, 4) is 0 Å². The van der Waals surface area contributed by atoms with Crippen molar-refractivity contribution in [2.45, 2.75) is 20.8 Å². The van der Waals surface area contributed by atoms with Crippen LogP contribution in [-0.2, 0) is 9.47 Å². The summed E-state index contributed by atoms with van der Waals surface area (Å²) < 4.78 is 9.27. The zero-order valence-electron chi connectivity index (χ0n) is 12.5. The van der Waals surface area contributed by atoms with E-state index in [9.17, 15) is 0 Å². The Bertz CT molecular complexity index is 87.0. The average molecular weight is 236 g/mol. The number of rotatable bonds is 5. The molecule has 0 rings (SSSR count). The first-order valence-electron chi connectivity index (χ1n) is 5.73. The summed E-state index contributed by atoms with van der Waals surface area (Å²) in [6.45, 7) is 8.99. The number of nitrogens with zero attached hydrogens (tertiary/aromatic N) is 1. The van der Waals surface area contributed by atoms with Crippen LogP contribution >= 0.6 is 0 Å². The third kappa shape index (κ3) is 48.8. The molecule has 0 amide bonds. The van der Waals surface area contributed by atoms with Crippen LogP contribution in [0.5, 0.6) is 0 Å². The lowest BCUT2D eigenvalue weighted by Gasteiger charge is -2.04. The number of hydrogen-bond donors (Lipinski definition) is 1. The lowest BCUT2D eigenvalue weighted by atomic mass is 10.2. The molecule has 0 aromatic heterocycles. The summed E-state index contributed by atoms with van der Waals surface area (Å²) in [5.74, 6) is 0.787. The summed E-state index contributed by atoms with van der Waals surface area (Å²) in [6, 6.07) is 0. The van der Waals surface area contributed by atoms with Gasteiger partial charge in [-0.15, -0.1) is 0 Å². The van der Waals surface area contributed by atoms with Crippen LogP contribution in [0.25, 0.3) is 0 Å². The van der Waals surface area contributed by atoms with E-state index in [1.807, 2.05) is 33.0 Å². The second-order valence-corrected chi connectivity index (χ2v) is 4.03. The van der Waals surface area contributed by atoms with Gasteiger partial charge in [-0.1, -0.05) is 13.8 Å². The van der Waals surface area contributed by atoms with Gasteiger partial charge >= 0.3 is 0 Å². The Morgan fingerprint density at radius 1 is 1.12 bits per heavy atom. The van der Waals surface area contributed by atoms with Crippen LogP contribution in [0.3, 0.4) is 0 Å². The molecular weight excluding hydrogens is 204 g/mol. The van der Waals surface area contributed by atoms with Crippen molar-refractivity contribution in [1.82, 2.24) is 10.2 Å². The zero-order chi connectivity index (χ0) is 13.4. The Balaban J connectivity index is -0.000000162. The number of ether oxygens (including phenoxy) is 2. The Labute approximate surface area is 102 Å². The van der Waals surface area contributed by atoms with Crippen LogP contribution in [0.15, 0.2) is 0 Å². The quantitative estimate of drug-likeness (QED) is 0.736. The van der Waals surface area contributed by atoms with E-state index in [0.717, 1.165) is 19.1 Å². The van der Waals surface area contributed by atoms with Crippen LogP contribution in [0.2, 0.25) is 0 Å². The minimum Gasteiger partial charge on any atom is -0.385 e. The summed E-state index contributed by atoms with van der Waals surface area (Å²) in [7, 11) is 9.26. The minimum atomic E-state index is 0.708. The van der Waals surface area contributed by atoms with E-state index in [-0.39, 0.29) is 0 Å². The van der Waals surface area contributed by atoms with Gasteiger partial charge in [0.1, 0.15) is 0 Å². The van der Waals surface area contributed by atoms with Gasteiger partial charge in [-0.3, -0.25) is 4.90 Å². The van der Waals surface area contributed by atoms with Crippen molar-refractivity contribution >= 4 is 0 Å². The summed E-state index contributed by atoms with van der Waals surface area (Å²) in [5, 5.41) is 3.07. The van der Waals surface area contributed by atoms with Crippen LogP contribution in [-0.4, -0.2) is 60.1 Å². The van der Waals surface area contributed by atoms with Crippen molar-refractivity contribution in [1.29, 1.82) is 0 Å². The van der Waals surface area contributed by atoms with E-state index in [2.05, 4.69) is 23.9 Å². The zero-order valence-corrected chi connectivity index (χ0v) is 12.5. The predicted octanol–water partition coefficient (Wildman–Crippen LogP) is 1.67. The van der Waals surface area contributed by atoms with Gasteiger partial charge < -0.3 is 14.8 Å². The summed E-state index contributed by atoms with van der Waals surface area (Å²) in [6.07, 6.45) is 0. The van der Waals surface area contributed by atoms with Gasteiger partial charge in [-0.05, 0) is 40.5 Å². The van der Waals surface area contributed by atoms with Gasteiger partial charge in [-0.25, -0.2) is 0 Å². The Kier molecular flexibility index (Phi) is 26.8. The lowest BCUT2D eigenvalue weighted by molar-refractivity contribution is 0.0994. The number of hydrogen-bond acceptors (Lipinski definition) is 4. The molecule has 0 aliphatic heterocycles. The maximum absolute atomic E-state index is 4.73. The molecule has 0 aliphatic rings. The van der Waals surface area contributed by atoms with E-state index >= 15 is 0 Å². The molecule has 1 N–H and O–H groups in total. The topological polar surface area (TPSA) is 33.7 Å². The standard InChI is InChI=1S/C5H13N.C4H11NO.C3H8O/c2*1-5(2)4-6-3;1-3-4-2/h5-6H,4H2,1-3H3;4H2,1-3H3;3H2,1-2H3. The molecule has 0 saturated carbocycles. The fraction of sp³-hybridized carbons (Fsp3) is 1.00. The molecule has 0 aliphatic carbocycles. The predicted molar refractivity (Wildman–Crippen MR) is 71.9 cm³/mol. The fourth-order valence-electron chi connectivity index (χ4n) is 0.666. The third-order valence-corrected chi connectivity index (χ3v) is 1.29. The monoisotopic (exact) mass is 236 g/mol. The van der Waals surface area contributed by atoms with E-state index in [0.29, 0.717) is 6.73 Å². The molecule has 4 nitrogen and oxygen atoms in total. The molecule has 0 fully saturated rings. The summed E-state index contributed by atoms with van der Waals surface area (Å²) in [5.41, 5.74) is 0. The highest BCUT2D eigenvalue weighted by atomic mass is 16.5. The van der Waals surface area contributed by atoms with Gasteiger partial charge in [0.05, 0.1) is 6.73 Å². The number of nitrogens with one attached hydrogen (secondary N) is 1. The van der Waals surface area contributed by atoms with Crippen LogP contribution in [0.1, 0.15) is 20.8 Å². The summed E-state index contributed by atoms with van der Waals surface area (Å²) >= 11 is 0. The third-order valence-electron chi connectivity index (χ3n) is 1.29. The SMILES string of the molecule is CCOC.CNCC(C)C.COCN(C)C. The van der Waals surface area contributed by atoms with Crippen molar-refractivity contribution < 1.29 is 9.47 Å². The van der Waals surface area contributed by atoms with Gasteiger partial charge in [0.25, 0.3) is 0 Å². The first-order valence-corrected chi connectivity index (χ1v) is 5.73. The van der Waals surface area contributed by atoms with E-state index in [1.165, 1.54) is 0 Å². The fourth-order valence-corrected chi connectivity index (χ4v) is 0.666. The molecule has 0 aromatic rings. The highest BCUT2D eigenvalue weighted by Crippen LogP contribution is 1.83. The molecule has 16 heavy (non-hydrogen) atoms. The summed E-state index contributed by atoms with van der Waals surface area (Å²) in [4.78, 5) is 1.96. The molecule has 0 heterocycles. The van der Waals surface area contributed by atoms with E-state index < -0.39 is 0 Å². The van der Waals surface area contributed by atoms with Crippen molar-refractivity contribution in [2.75, 3.05) is 55.2 Å². The Hall–Kier alpha value is -0.160. The second kappa shape index (κ2) is 20.3. The normalized spacial score (nSPS) is 9.38. The van der Waals surface area contributed by atoms with Crippen molar-refractivity contribution in [3.05, 3.63) is 0 Å². The molecule has 0 spiro atoms. The maximum atomic E-state index is 4.73. The van der Waals surface area contributed by atoms with Crippen LogP contribution in [0.4, 0.5) is 0 Å². The van der Waals surface area contributed by atoms with E-state index in [4.69, 9.17) is 4.74 Å². The molecular formula is C12H32N2O2. The molecule has 0 radical (unpaired) electrons. The van der Waals surface area contributed by atoms with Crippen molar-refractivity contribution in [2.24, 2.45) is 5.92 Å². The molecule has 0 bridgehead atoms. The molecule has 4 heteroatoms. The van der Waals surface area contributed by atoms with Gasteiger partial charge in [0, 0.05) is 20.8 Å². The number of methoxy groups -OCH3 is 2. The molecule has 0 unspecified atom stereocenters. The average Bonchev–Trinajstić information content (AvgIpc) is 2.18. The van der Waals surface area contributed by atoms with Crippen LogP contribution in [0, 0.1) is 5.92 Å². The largest absolute Gasteiger partial charge is 0.385 e. The first-order chi connectivity index (χ1) is 7.45. The Morgan fingerprint density at radius 2 is 1.56 bits per heavy atom. The Morgan fingerprint density at radius 3 is 1.56 bits per heavy atom. The molecule has 0 aromatic carbocycles.